The topological polar surface area (TPSA) is 71.5 Å². The largest absolute Gasteiger partial charge is 0.378 e. The lowest BCUT2D eigenvalue weighted by Crippen LogP contribution is -2.43. The lowest BCUT2D eigenvalue weighted by Gasteiger charge is -2.19. The van der Waals surface area contributed by atoms with Gasteiger partial charge in [-0.05, 0) is 26.0 Å². The predicted octanol–water partition coefficient (Wildman–Crippen LogP) is 0.468. The van der Waals surface area contributed by atoms with Gasteiger partial charge in [-0.25, -0.2) is 13.1 Å². The van der Waals surface area contributed by atoms with Gasteiger partial charge >= 0.3 is 0 Å². The van der Waals surface area contributed by atoms with Gasteiger partial charge in [-0.2, -0.15) is 0 Å². The number of nitrogens with zero attached hydrogens (tertiary/aromatic N) is 2. The zero-order valence-corrected chi connectivity index (χ0v) is 12.8. The maximum atomic E-state index is 12.3. The normalized spacial score (nSPS) is 24.4. The van der Waals surface area contributed by atoms with E-state index in [1.54, 1.807) is 19.4 Å². The van der Waals surface area contributed by atoms with Crippen molar-refractivity contribution in [3.05, 3.63) is 24.5 Å². The molecule has 2 atom stereocenters. The van der Waals surface area contributed by atoms with Crippen molar-refractivity contribution in [2.75, 3.05) is 20.2 Å². The number of hydrogen-bond acceptors (Lipinski definition) is 5. The van der Waals surface area contributed by atoms with Gasteiger partial charge in [0, 0.05) is 38.6 Å². The molecule has 1 fully saturated rings. The minimum Gasteiger partial charge on any atom is -0.378 e. The third-order valence-corrected chi connectivity index (χ3v) is 5.05. The number of nitrogens with one attached hydrogen (secondary N) is 1. The molecule has 0 aliphatic carbocycles. The standard InChI is InChI=1S/C13H21N3O3S/c1-10(2)16-8-12(13(9-16)19-3)15-20(17,18)11-5-4-6-14-7-11/h4-7,10,12-13,15H,8-9H2,1-3H3/t12-,13-/m0/s1. The van der Waals surface area contributed by atoms with E-state index >= 15 is 0 Å². The summed E-state index contributed by atoms with van der Waals surface area (Å²) < 4.78 is 32.7. The molecule has 0 unspecified atom stereocenters. The van der Waals surface area contributed by atoms with Crippen molar-refractivity contribution in [1.82, 2.24) is 14.6 Å². The molecule has 0 bridgehead atoms. The van der Waals surface area contributed by atoms with Gasteiger partial charge in [0.15, 0.2) is 0 Å². The second-order valence-electron chi connectivity index (χ2n) is 5.24. The number of hydrogen-bond donors (Lipinski definition) is 1. The van der Waals surface area contributed by atoms with Gasteiger partial charge in [0.1, 0.15) is 4.90 Å². The maximum Gasteiger partial charge on any atom is 0.242 e. The molecule has 0 aromatic carbocycles. The molecule has 1 saturated heterocycles. The Morgan fingerprint density at radius 2 is 2.20 bits per heavy atom. The summed E-state index contributed by atoms with van der Waals surface area (Å²) in [6.45, 7) is 5.56. The van der Waals surface area contributed by atoms with E-state index in [0.717, 1.165) is 6.54 Å². The molecule has 20 heavy (non-hydrogen) atoms. The fourth-order valence-corrected chi connectivity index (χ4v) is 3.57. The monoisotopic (exact) mass is 299 g/mol. The molecule has 7 heteroatoms. The second kappa shape index (κ2) is 6.17. The molecular weight excluding hydrogens is 278 g/mol. The van der Waals surface area contributed by atoms with Crippen LogP contribution >= 0.6 is 0 Å². The van der Waals surface area contributed by atoms with Crippen LogP contribution in [-0.2, 0) is 14.8 Å². The molecule has 0 radical (unpaired) electrons. The smallest absolute Gasteiger partial charge is 0.242 e. The zero-order chi connectivity index (χ0) is 14.8. The lowest BCUT2D eigenvalue weighted by molar-refractivity contribution is 0.0920. The van der Waals surface area contributed by atoms with Gasteiger partial charge in [0.2, 0.25) is 10.0 Å². The van der Waals surface area contributed by atoms with Crippen molar-refractivity contribution in [2.24, 2.45) is 0 Å². The maximum absolute atomic E-state index is 12.3. The first-order valence-electron chi connectivity index (χ1n) is 6.63. The van der Waals surface area contributed by atoms with Crippen molar-refractivity contribution >= 4 is 10.0 Å². The molecule has 2 heterocycles. The van der Waals surface area contributed by atoms with Crippen LogP contribution in [0.3, 0.4) is 0 Å². The van der Waals surface area contributed by atoms with Crippen molar-refractivity contribution in [2.45, 2.75) is 36.9 Å². The highest BCUT2D eigenvalue weighted by Gasteiger charge is 2.36. The first kappa shape index (κ1) is 15.4. The number of aromatic nitrogens is 1. The first-order valence-corrected chi connectivity index (χ1v) is 8.11. The summed E-state index contributed by atoms with van der Waals surface area (Å²) in [4.78, 5) is 6.22. The zero-order valence-electron chi connectivity index (χ0n) is 12.0. The van der Waals surface area contributed by atoms with Gasteiger partial charge in [-0.3, -0.25) is 9.88 Å². The predicted molar refractivity (Wildman–Crippen MR) is 75.9 cm³/mol. The fourth-order valence-electron chi connectivity index (χ4n) is 2.35. The molecular formula is C13H21N3O3S. The summed E-state index contributed by atoms with van der Waals surface area (Å²) in [5, 5.41) is 0. The van der Waals surface area contributed by atoms with Crippen LogP contribution in [0.15, 0.2) is 29.4 Å². The Morgan fingerprint density at radius 1 is 1.45 bits per heavy atom. The molecule has 1 aromatic heterocycles. The molecule has 1 aromatic rings. The summed E-state index contributed by atoms with van der Waals surface area (Å²) >= 11 is 0. The summed E-state index contributed by atoms with van der Waals surface area (Å²) in [5.41, 5.74) is 0. The second-order valence-corrected chi connectivity index (χ2v) is 6.95. The lowest BCUT2D eigenvalue weighted by atomic mass is 10.2. The molecule has 1 aliphatic heterocycles. The Bertz CT molecular complexity index is 533. The third kappa shape index (κ3) is 3.35. The number of methoxy groups -OCH3 is 1. The van der Waals surface area contributed by atoms with Crippen LogP contribution in [0.5, 0.6) is 0 Å². The van der Waals surface area contributed by atoms with E-state index in [2.05, 4.69) is 28.5 Å². The Labute approximate surface area is 120 Å². The Morgan fingerprint density at radius 3 is 2.75 bits per heavy atom. The van der Waals surface area contributed by atoms with E-state index in [9.17, 15) is 8.42 Å². The third-order valence-electron chi connectivity index (χ3n) is 3.58. The number of sulfonamides is 1. The fraction of sp³-hybridized carbons (Fsp3) is 0.615. The highest BCUT2D eigenvalue weighted by molar-refractivity contribution is 7.89. The van der Waals surface area contributed by atoms with Crippen LogP contribution in [0.1, 0.15) is 13.8 Å². The quantitative estimate of drug-likeness (QED) is 0.855. The number of likely N-dealkylation sites (tertiary alicyclic amines) is 1. The van der Waals surface area contributed by atoms with Gasteiger partial charge < -0.3 is 4.74 Å². The number of ether oxygens (including phenoxy) is 1. The SMILES string of the molecule is CO[C@H]1CN(C(C)C)C[C@@H]1NS(=O)(=O)c1cccnc1. The van der Waals surface area contributed by atoms with E-state index < -0.39 is 10.0 Å². The molecule has 0 amide bonds. The average Bonchev–Trinajstić information content (AvgIpc) is 2.82. The van der Waals surface area contributed by atoms with E-state index in [4.69, 9.17) is 4.74 Å². The van der Waals surface area contributed by atoms with Crippen LogP contribution < -0.4 is 4.72 Å². The first-order chi connectivity index (χ1) is 9.44. The molecule has 0 spiro atoms. The van der Waals surface area contributed by atoms with Crippen LogP contribution in [0, 0.1) is 0 Å². The van der Waals surface area contributed by atoms with Gasteiger partial charge in [-0.15, -0.1) is 0 Å². The van der Waals surface area contributed by atoms with Gasteiger partial charge in [-0.1, -0.05) is 0 Å². The van der Waals surface area contributed by atoms with Crippen LogP contribution in [0.25, 0.3) is 0 Å². The molecule has 0 saturated carbocycles. The Hall–Kier alpha value is -1.02. The minimum atomic E-state index is -3.56. The van der Waals surface area contributed by atoms with E-state index in [1.807, 2.05) is 0 Å². The van der Waals surface area contributed by atoms with Crippen LogP contribution in [0.2, 0.25) is 0 Å². The summed E-state index contributed by atoms with van der Waals surface area (Å²) in [6, 6.07) is 3.26. The van der Waals surface area contributed by atoms with E-state index in [0.29, 0.717) is 12.6 Å². The molecule has 2 rings (SSSR count). The average molecular weight is 299 g/mol. The molecule has 112 valence electrons. The summed E-state index contributed by atoms with van der Waals surface area (Å²) in [5.74, 6) is 0. The minimum absolute atomic E-state index is 0.135. The molecule has 1 aliphatic rings. The number of pyridine rings is 1. The van der Waals surface area contributed by atoms with E-state index in [1.165, 1.54) is 12.3 Å². The van der Waals surface area contributed by atoms with Gasteiger partial charge in [0.05, 0.1) is 12.1 Å². The van der Waals surface area contributed by atoms with Crippen LogP contribution in [0.4, 0.5) is 0 Å². The van der Waals surface area contributed by atoms with Crippen molar-refractivity contribution < 1.29 is 13.2 Å². The van der Waals surface area contributed by atoms with Crippen molar-refractivity contribution in [1.29, 1.82) is 0 Å². The molecule has 1 N–H and O–H groups in total. The van der Waals surface area contributed by atoms with E-state index in [-0.39, 0.29) is 17.0 Å². The summed E-state index contributed by atoms with van der Waals surface area (Å²) in [7, 11) is -1.94. The molecule has 6 nitrogen and oxygen atoms in total. The van der Waals surface area contributed by atoms with Crippen LogP contribution in [-0.4, -0.2) is 56.7 Å². The summed E-state index contributed by atoms with van der Waals surface area (Å²) in [6.07, 6.45) is 2.76. The number of rotatable bonds is 5. The van der Waals surface area contributed by atoms with Gasteiger partial charge in [0.25, 0.3) is 0 Å². The highest BCUT2D eigenvalue weighted by Crippen LogP contribution is 2.18. The van der Waals surface area contributed by atoms with Crippen molar-refractivity contribution in [3.8, 4) is 0 Å². The highest BCUT2D eigenvalue weighted by atomic mass is 32.2. The van der Waals surface area contributed by atoms with Crippen molar-refractivity contribution in [3.63, 3.8) is 0 Å². The Balaban J connectivity index is 2.13. The Kier molecular flexibility index (Phi) is 4.74.